The number of para-hydroxylation sites is 1. The van der Waals surface area contributed by atoms with Gasteiger partial charge in [0.25, 0.3) is 0 Å². The molecule has 0 aromatic heterocycles. The number of benzene rings is 1. The van der Waals surface area contributed by atoms with Crippen LogP contribution in [-0.2, 0) is 26.2 Å². The van der Waals surface area contributed by atoms with Gasteiger partial charge < -0.3 is 12.2 Å². The summed E-state index contributed by atoms with van der Waals surface area (Å²) in [6.45, 7) is 6.37. The Bertz CT molecular complexity index is 379. The molecule has 1 nitrogen and oxygen atoms in total. The molecule has 3 rings (SSSR count). The van der Waals surface area contributed by atoms with E-state index in [2.05, 4.69) is 41.8 Å². The maximum absolute atomic E-state index is 4.67. The van der Waals surface area contributed by atoms with Crippen LogP contribution in [0.3, 0.4) is 0 Å². The molecule has 0 unspecified atom stereocenters. The van der Waals surface area contributed by atoms with Crippen LogP contribution < -0.4 is 0 Å². The minimum absolute atomic E-state index is 0. The molecule has 0 amide bonds. The number of rotatable bonds is 7. The van der Waals surface area contributed by atoms with Gasteiger partial charge in [0.05, 0.1) is 0 Å². The molecule has 2 aliphatic carbocycles. The molecule has 3 heteroatoms. The fraction of sp³-hybridized carbons (Fsp3) is 0.292. The van der Waals surface area contributed by atoms with Gasteiger partial charge in [-0.15, -0.1) is 11.7 Å². The van der Waals surface area contributed by atoms with E-state index in [1.54, 1.807) is 0 Å². The van der Waals surface area contributed by atoms with E-state index in [4.69, 9.17) is 0 Å². The molecule has 10 radical (unpaired) electrons. The second-order valence-electron chi connectivity index (χ2n) is 6.07. The molecular weight excluding hydrogens is 520 g/mol. The maximum atomic E-state index is 4.67. The number of hydrogen-bond acceptors (Lipinski definition) is 0. The van der Waals surface area contributed by atoms with Crippen LogP contribution in [0, 0.1) is 77.0 Å². The Morgan fingerprint density at radius 1 is 0.815 bits per heavy atom. The van der Waals surface area contributed by atoms with Gasteiger partial charge in [-0.2, -0.15) is 5.92 Å². The summed E-state index contributed by atoms with van der Waals surface area (Å²) in [7, 11) is 0. The maximum Gasteiger partial charge on any atom is 4.00 e. The van der Waals surface area contributed by atoms with Crippen molar-refractivity contribution in [1.82, 2.24) is 0 Å². The number of halogens is 1. The van der Waals surface area contributed by atoms with E-state index in [-0.39, 0.29) is 26.2 Å². The van der Waals surface area contributed by atoms with E-state index in [9.17, 15) is 0 Å². The summed E-state index contributed by atoms with van der Waals surface area (Å²) in [5.74, 6) is 0.433. The predicted octanol–water partition coefficient (Wildman–Crippen LogP) is 7.18. The monoisotopic (exact) mass is 549 g/mol. The van der Waals surface area contributed by atoms with Gasteiger partial charge in [-0.3, -0.25) is 0 Å². The Balaban J connectivity index is 0.000000496. The first kappa shape index (κ1) is 27.6. The van der Waals surface area contributed by atoms with Crippen LogP contribution in [0.1, 0.15) is 26.2 Å². The molecule has 0 saturated heterocycles. The minimum Gasteiger partial charge on any atom is -0.684 e. The first-order valence-corrected chi connectivity index (χ1v) is 10.7. The molecule has 2 aliphatic rings. The van der Waals surface area contributed by atoms with Gasteiger partial charge in [0.2, 0.25) is 0 Å². The summed E-state index contributed by atoms with van der Waals surface area (Å²) in [6, 6.07) is 10.5. The fourth-order valence-corrected chi connectivity index (χ4v) is 2.78. The zero-order chi connectivity index (χ0) is 18.9. The summed E-state index contributed by atoms with van der Waals surface area (Å²) in [6.07, 6.45) is 23.7. The van der Waals surface area contributed by atoms with Crippen LogP contribution in [0.5, 0.6) is 0 Å². The normalized spacial score (nSPS) is 17.4. The summed E-state index contributed by atoms with van der Waals surface area (Å²) < 4.78 is 1.24. The molecule has 140 valence electrons. The van der Waals surface area contributed by atoms with Crippen molar-refractivity contribution in [3.8, 4) is 0 Å². The third kappa shape index (κ3) is 16.2. The summed E-state index contributed by atoms with van der Waals surface area (Å²) in [4.78, 5) is 0. The van der Waals surface area contributed by atoms with Gasteiger partial charge >= 0.3 is 26.2 Å². The number of hydrogen-bond donors (Lipinski definition) is 0. The predicted molar refractivity (Wildman–Crippen MR) is 124 cm³/mol. The van der Waals surface area contributed by atoms with Crippen molar-refractivity contribution in [3.63, 3.8) is 0 Å². The van der Waals surface area contributed by atoms with Gasteiger partial charge in [0.1, 0.15) is 0 Å². The molecular formula is C24H30INZr+2. The van der Waals surface area contributed by atoms with Gasteiger partial charge in [-0.25, -0.2) is 0 Å². The van der Waals surface area contributed by atoms with E-state index < -0.39 is 0 Å². The van der Waals surface area contributed by atoms with Crippen LogP contribution >= 0.6 is 22.6 Å². The zero-order valence-corrected chi connectivity index (χ0v) is 20.8. The average Bonchev–Trinajstić information content (AvgIpc) is 3.41. The largest absolute Gasteiger partial charge is 4.00 e. The topological polar surface area (TPSA) is 14.1 Å². The zero-order valence-electron chi connectivity index (χ0n) is 16.2. The van der Waals surface area contributed by atoms with Gasteiger partial charge in [-0.1, -0.05) is 72.7 Å². The Hall–Kier alpha value is 0.633. The van der Waals surface area contributed by atoms with E-state index in [1.165, 1.54) is 23.7 Å². The molecule has 1 aromatic rings. The van der Waals surface area contributed by atoms with E-state index >= 15 is 0 Å². The molecule has 0 N–H and O–H groups in total. The molecule has 0 bridgehead atoms. The quantitative estimate of drug-likeness (QED) is 0.148. The molecule has 2 atom stereocenters. The third-order valence-corrected chi connectivity index (χ3v) is 4.62. The van der Waals surface area contributed by atoms with Crippen LogP contribution in [0.2, 0.25) is 0 Å². The second-order valence-corrected chi connectivity index (χ2v) is 7.15. The molecule has 27 heavy (non-hydrogen) atoms. The van der Waals surface area contributed by atoms with Crippen LogP contribution in [0.4, 0.5) is 5.69 Å². The van der Waals surface area contributed by atoms with Gasteiger partial charge in [0.15, 0.2) is 0 Å². The minimum atomic E-state index is 0. The number of nitrogens with zero attached hydrogens (tertiary/aromatic N) is 1. The van der Waals surface area contributed by atoms with Gasteiger partial charge in [0, 0.05) is 0 Å². The number of alkyl halides is 1. The Morgan fingerprint density at radius 2 is 1.26 bits per heavy atom. The Morgan fingerprint density at radius 3 is 1.67 bits per heavy atom. The smallest absolute Gasteiger partial charge is 0.684 e. The van der Waals surface area contributed by atoms with Crippen molar-refractivity contribution in [3.05, 3.63) is 107 Å². The Kier molecular flexibility index (Phi) is 20.4. The van der Waals surface area contributed by atoms with E-state index in [1.807, 2.05) is 94.5 Å². The summed E-state index contributed by atoms with van der Waals surface area (Å²) >= 11 is 2.43. The molecule has 0 aliphatic heterocycles. The molecule has 2 saturated carbocycles. The third-order valence-electron chi connectivity index (χ3n) is 3.86. The second kappa shape index (κ2) is 19.9. The molecule has 0 heterocycles. The van der Waals surface area contributed by atoms with Crippen molar-refractivity contribution >= 4 is 28.3 Å². The standard InChI is InChI=1S/C14H20IN.2C5H5.Zr/c1-12(8-6-7-11-15)13(2)16-14-9-4-3-5-10-14;2*1-2-4-5-3-1;/h3-5,9-10,12-13H,1,6-8,11H2,2H3;2*1-5H;/q-2;;;+4/t12-,13-;;;/m1.../s1. The summed E-state index contributed by atoms with van der Waals surface area (Å²) in [5.41, 5.74) is 1.07. The van der Waals surface area contributed by atoms with E-state index in [0.29, 0.717) is 12.0 Å². The fourth-order valence-electron chi connectivity index (χ4n) is 2.24. The van der Waals surface area contributed by atoms with Crippen LogP contribution in [0.25, 0.3) is 5.32 Å². The van der Waals surface area contributed by atoms with Crippen molar-refractivity contribution in [1.29, 1.82) is 0 Å². The van der Waals surface area contributed by atoms with Gasteiger partial charge in [-0.05, 0) is 75.1 Å². The Labute approximate surface area is 202 Å². The SMILES string of the molecule is [CH2-][C@H](CCCCI)[C@@H](C)[N-]c1ccccc1.[CH]1[CH][CH][CH][CH]1.[CH]1[CH][CH][CH][CH]1.[Zr+4]. The number of unbranched alkanes of at least 4 members (excludes halogenated alkanes) is 1. The van der Waals surface area contributed by atoms with Crippen molar-refractivity contribution < 1.29 is 26.2 Å². The molecule has 0 spiro atoms. The molecule has 1 aromatic carbocycles. The first-order valence-electron chi connectivity index (χ1n) is 9.22. The van der Waals surface area contributed by atoms with Crippen molar-refractivity contribution in [2.45, 2.75) is 32.2 Å². The van der Waals surface area contributed by atoms with Crippen LogP contribution in [-0.4, -0.2) is 10.5 Å². The van der Waals surface area contributed by atoms with Crippen molar-refractivity contribution in [2.24, 2.45) is 5.92 Å². The molecule has 2 fully saturated rings. The summed E-state index contributed by atoms with van der Waals surface area (Å²) in [5, 5.41) is 4.67. The van der Waals surface area contributed by atoms with Crippen LogP contribution in [0.15, 0.2) is 30.3 Å². The van der Waals surface area contributed by atoms with E-state index in [0.717, 1.165) is 5.69 Å². The first-order chi connectivity index (χ1) is 12.7. The van der Waals surface area contributed by atoms with Crippen molar-refractivity contribution in [2.75, 3.05) is 4.43 Å². The average molecular weight is 551 g/mol.